The van der Waals surface area contributed by atoms with E-state index in [1.54, 1.807) is 0 Å². The number of nitrogens with one attached hydrogen (secondary N) is 2. The van der Waals surface area contributed by atoms with Crippen LogP contribution in [0.1, 0.15) is 30.5 Å². The van der Waals surface area contributed by atoms with E-state index in [1.165, 1.54) is 0 Å². The number of fused-ring (bicyclic) bond motifs is 1. The molecule has 1 aromatic heterocycles. The molecule has 0 aromatic carbocycles. The quantitative estimate of drug-likeness (QED) is 0.650. The largest absolute Gasteiger partial charge is 0.488 e. The molecule has 8 nitrogen and oxygen atoms in total. The summed E-state index contributed by atoms with van der Waals surface area (Å²) < 4.78 is 11.7. The van der Waals surface area contributed by atoms with E-state index < -0.39 is 0 Å². The average molecular weight is 462 g/mol. The van der Waals surface area contributed by atoms with Crippen molar-refractivity contribution in [1.82, 2.24) is 20.2 Å². The van der Waals surface area contributed by atoms with Crippen LogP contribution in [-0.2, 0) is 20.7 Å². The molecule has 178 valence electrons. The van der Waals surface area contributed by atoms with Gasteiger partial charge in [-0.2, -0.15) is 0 Å². The van der Waals surface area contributed by atoms with E-state index in [1.807, 2.05) is 35.4 Å². The van der Waals surface area contributed by atoms with Crippen LogP contribution in [0.4, 0.5) is 5.95 Å². The Labute approximate surface area is 200 Å². The Hall–Kier alpha value is -3.15. The number of morpholine rings is 1. The van der Waals surface area contributed by atoms with Crippen LogP contribution < -0.4 is 10.6 Å². The van der Waals surface area contributed by atoms with E-state index in [2.05, 4.69) is 21.5 Å². The number of hydrogen-bond donors (Lipinski definition) is 2. The molecule has 34 heavy (non-hydrogen) atoms. The number of piperidine rings is 1. The van der Waals surface area contributed by atoms with Crippen molar-refractivity contribution >= 4 is 17.6 Å². The van der Waals surface area contributed by atoms with Crippen molar-refractivity contribution < 1.29 is 14.3 Å². The number of hydrogen-bond acceptors (Lipinski definition) is 7. The second kappa shape index (κ2) is 10.4. The van der Waals surface area contributed by atoms with Gasteiger partial charge in [0.25, 0.3) is 0 Å². The van der Waals surface area contributed by atoms with Crippen molar-refractivity contribution in [3.8, 4) is 12.3 Å². The summed E-state index contributed by atoms with van der Waals surface area (Å²) in [6.45, 7) is 4.46. The Balaban J connectivity index is 1.26. The second-order valence-electron chi connectivity index (χ2n) is 9.07. The minimum Gasteiger partial charge on any atom is -0.488 e. The van der Waals surface area contributed by atoms with Crippen LogP contribution >= 0.6 is 0 Å². The smallest absolute Gasteiger partial charge is 0.229 e. The van der Waals surface area contributed by atoms with Crippen LogP contribution in [0, 0.1) is 24.2 Å². The van der Waals surface area contributed by atoms with E-state index in [-0.39, 0.29) is 23.8 Å². The molecule has 2 N–H and O–H groups in total. The third-order valence-corrected chi connectivity index (χ3v) is 6.68. The highest BCUT2D eigenvalue weighted by Gasteiger charge is 2.27. The number of terminal acetylenes is 1. The van der Waals surface area contributed by atoms with Crippen LogP contribution in [0.5, 0.6) is 0 Å². The van der Waals surface area contributed by atoms with E-state index in [4.69, 9.17) is 20.9 Å². The standard InChI is InChI=1S/C26H31N5O3/c1-2-18-15-20-17-28-26(30-24(20)23(16-18)34-22-7-9-27-10-8-22)29-21-5-3-19(4-6-21)25(32)31-11-13-33-14-12-31/h1,3,5-6,16-19,22,27H,4,7-15H2,(H,28,29,30). The van der Waals surface area contributed by atoms with E-state index in [9.17, 15) is 4.79 Å². The number of carbonyl (C=O) groups is 1. The summed E-state index contributed by atoms with van der Waals surface area (Å²) in [5.41, 5.74) is 2.70. The zero-order valence-corrected chi connectivity index (χ0v) is 19.3. The summed E-state index contributed by atoms with van der Waals surface area (Å²) in [4.78, 5) is 23.9. The van der Waals surface area contributed by atoms with Crippen molar-refractivity contribution in [2.45, 2.75) is 31.8 Å². The summed E-state index contributed by atoms with van der Waals surface area (Å²) in [5, 5.41) is 6.66. The fourth-order valence-electron chi connectivity index (χ4n) is 4.73. The van der Waals surface area contributed by atoms with Crippen LogP contribution in [-0.4, -0.2) is 66.3 Å². The second-order valence-corrected chi connectivity index (χ2v) is 9.07. The lowest BCUT2D eigenvalue weighted by Gasteiger charge is -2.30. The minimum absolute atomic E-state index is 0.0171. The zero-order chi connectivity index (χ0) is 23.3. The van der Waals surface area contributed by atoms with E-state index in [0.29, 0.717) is 45.1 Å². The number of carbonyl (C=O) groups excluding carboxylic acids is 1. The van der Waals surface area contributed by atoms with Gasteiger partial charge in [0.2, 0.25) is 11.9 Å². The molecule has 2 aliphatic heterocycles. The van der Waals surface area contributed by atoms with Crippen LogP contribution in [0.15, 0.2) is 36.2 Å². The third-order valence-electron chi connectivity index (χ3n) is 6.68. The molecule has 0 spiro atoms. The van der Waals surface area contributed by atoms with Crippen LogP contribution in [0.3, 0.4) is 0 Å². The fraction of sp³-hybridized carbons (Fsp3) is 0.500. The van der Waals surface area contributed by atoms with Gasteiger partial charge in [-0.25, -0.2) is 9.97 Å². The van der Waals surface area contributed by atoms with E-state index in [0.717, 1.165) is 48.6 Å². The van der Waals surface area contributed by atoms with Crippen molar-refractivity contribution in [3.63, 3.8) is 0 Å². The molecule has 3 heterocycles. The number of amides is 1. The number of anilines is 1. The molecule has 5 rings (SSSR count). The first kappa shape index (κ1) is 22.6. The first-order chi connectivity index (χ1) is 16.7. The number of aromatic nitrogens is 2. The summed E-state index contributed by atoms with van der Waals surface area (Å²) in [7, 11) is 0. The molecular formula is C26H31N5O3. The topological polar surface area (TPSA) is 88.6 Å². The van der Waals surface area contributed by atoms with Gasteiger partial charge in [0.15, 0.2) is 0 Å². The van der Waals surface area contributed by atoms with E-state index >= 15 is 0 Å². The van der Waals surface area contributed by atoms with Crippen molar-refractivity contribution in [2.75, 3.05) is 44.7 Å². The van der Waals surface area contributed by atoms with Crippen LogP contribution in [0.25, 0.3) is 5.76 Å². The molecule has 0 saturated carbocycles. The SMILES string of the molecule is C#CC1C=C(OC2CCNCC2)c2nc(NC3=CCC(C(=O)N4CCOCC4)C=C3)ncc2C1. The first-order valence-electron chi connectivity index (χ1n) is 12.1. The molecule has 2 atom stereocenters. The average Bonchev–Trinajstić information content (AvgIpc) is 2.90. The maximum Gasteiger partial charge on any atom is 0.229 e. The summed E-state index contributed by atoms with van der Waals surface area (Å²) in [6, 6.07) is 0. The van der Waals surface area contributed by atoms with Crippen molar-refractivity contribution in [3.05, 3.63) is 47.5 Å². The van der Waals surface area contributed by atoms with Gasteiger partial charge >= 0.3 is 0 Å². The van der Waals surface area contributed by atoms with Gasteiger partial charge < -0.3 is 25.0 Å². The zero-order valence-electron chi connectivity index (χ0n) is 19.3. The molecular weight excluding hydrogens is 430 g/mol. The molecule has 0 radical (unpaired) electrons. The third kappa shape index (κ3) is 5.16. The van der Waals surface area contributed by atoms with Crippen molar-refractivity contribution in [1.29, 1.82) is 0 Å². The van der Waals surface area contributed by atoms with Gasteiger partial charge in [-0.05, 0) is 50.9 Å². The molecule has 0 bridgehead atoms. The number of nitrogens with zero attached hydrogens (tertiary/aromatic N) is 3. The molecule has 1 aromatic rings. The lowest BCUT2D eigenvalue weighted by molar-refractivity contribution is -0.138. The maximum absolute atomic E-state index is 12.7. The Morgan fingerprint density at radius 2 is 2.12 bits per heavy atom. The van der Waals surface area contributed by atoms with Gasteiger partial charge in [-0.3, -0.25) is 4.79 Å². The Bertz CT molecular complexity index is 1050. The van der Waals surface area contributed by atoms with Crippen LogP contribution in [0.2, 0.25) is 0 Å². The van der Waals surface area contributed by atoms with Gasteiger partial charge in [-0.1, -0.05) is 18.1 Å². The number of allylic oxidation sites excluding steroid dienone is 3. The minimum atomic E-state index is -0.137. The predicted octanol–water partition coefficient (Wildman–Crippen LogP) is 2.12. The highest BCUT2D eigenvalue weighted by molar-refractivity contribution is 5.81. The Morgan fingerprint density at radius 1 is 1.29 bits per heavy atom. The molecule has 2 fully saturated rings. The Morgan fingerprint density at radius 3 is 2.85 bits per heavy atom. The number of rotatable bonds is 5. The molecule has 2 aliphatic carbocycles. The normalized spacial score (nSPS) is 25.0. The van der Waals surface area contributed by atoms with Gasteiger partial charge in [-0.15, -0.1) is 6.42 Å². The molecule has 2 unspecified atom stereocenters. The lowest BCUT2D eigenvalue weighted by atomic mass is 9.92. The van der Waals surface area contributed by atoms with Crippen molar-refractivity contribution in [2.24, 2.45) is 11.8 Å². The highest BCUT2D eigenvalue weighted by atomic mass is 16.5. The highest BCUT2D eigenvalue weighted by Crippen LogP contribution is 2.31. The van der Waals surface area contributed by atoms with Gasteiger partial charge in [0.05, 0.1) is 19.1 Å². The molecule has 2 saturated heterocycles. The first-order valence-corrected chi connectivity index (χ1v) is 12.1. The monoisotopic (exact) mass is 461 g/mol. The lowest BCUT2D eigenvalue weighted by Crippen LogP contribution is -2.43. The molecule has 8 heteroatoms. The maximum atomic E-state index is 12.7. The summed E-state index contributed by atoms with van der Waals surface area (Å²) >= 11 is 0. The van der Waals surface area contributed by atoms with Gasteiger partial charge in [0, 0.05) is 36.5 Å². The Kier molecular flexibility index (Phi) is 6.93. The summed E-state index contributed by atoms with van der Waals surface area (Å²) in [5.74, 6) is 4.10. The predicted molar refractivity (Wildman–Crippen MR) is 129 cm³/mol. The molecule has 1 amide bonds. The summed E-state index contributed by atoms with van der Waals surface area (Å²) in [6.07, 6.45) is 19.0. The van der Waals surface area contributed by atoms with Gasteiger partial charge in [0.1, 0.15) is 17.6 Å². The molecule has 4 aliphatic rings. The number of ether oxygens (including phenoxy) is 2. The fourth-order valence-corrected chi connectivity index (χ4v) is 4.73.